The molecule has 0 aliphatic carbocycles. The van der Waals surface area contributed by atoms with Gasteiger partial charge in [-0.15, -0.1) is 0 Å². The van der Waals surface area contributed by atoms with Crippen LogP contribution in [0.1, 0.15) is 38.8 Å². The normalized spacial score (nSPS) is 10.0. The number of rotatable bonds is 2. The van der Waals surface area contributed by atoms with Crippen molar-refractivity contribution in [1.82, 2.24) is 0 Å². The van der Waals surface area contributed by atoms with E-state index in [0.29, 0.717) is 0 Å². The fourth-order valence-corrected chi connectivity index (χ4v) is 2.23. The summed E-state index contributed by atoms with van der Waals surface area (Å²) in [4.78, 5) is 0. The molecule has 0 amide bonds. The predicted molar refractivity (Wildman–Crippen MR) is 101 cm³/mol. The van der Waals surface area contributed by atoms with Gasteiger partial charge in [0.1, 0.15) is 0 Å². The molecule has 0 saturated heterocycles. The van der Waals surface area contributed by atoms with Gasteiger partial charge in [-0.25, -0.2) is 0 Å². The van der Waals surface area contributed by atoms with Gasteiger partial charge in [0.05, 0.1) is 0 Å². The molecule has 0 fully saturated rings. The van der Waals surface area contributed by atoms with Crippen LogP contribution in [0, 0.1) is 6.92 Å². The average Bonchev–Trinajstić information content (AvgIpc) is 2.54. The smallest absolute Gasteiger partial charge is 0.00363 e. The molecular weight excluding hydrogens is 252 g/mol. The molecule has 0 radical (unpaired) electrons. The lowest BCUT2D eigenvalue weighted by Gasteiger charge is -2.07. The fourth-order valence-electron chi connectivity index (χ4n) is 2.23. The van der Waals surface area contributed by atoms with E-state index in [1.54, 1.807) is 0 Å². The van der Waals surface area contributed by atoms with E-state index >= 15 is 0 Å². The SMILES string of the molecule is C=C/C=c1/ccc(=C)c2c(C=C)ccc(C)c12.CC.CC. The monoisotopic (exact) mass is 280 g/mol. The first-order valence-corrected chi connectivity index (χ1v) is 7.65. The summed E-state index contributed by atoms with van der Waals surface area (Å²) >= 11 is 0. The van der Waals surface area contributed by atoms with Crippen molar-refractivity contribution >= 4 is 29.5 Å². The van der Waals surface area contributed by atoms with Crippen molar-refractivity contribution in [3.8, 4) is 0 Å². The molecule has 0 atom stereocenters. The van der Waals surface area contributed by atoms with Gasteiger partial charge in [-0.05, 0) is 39.3 Å². The molecule has 0 saturated carbocycles. The summed E-state index contributed by atoms with van der Waals surface area (Å²) in [5.74, 6) is 0. The van der Waals surface area contributed by atoms with Crippen molar-refractivity contribution in [2.75, 3.05) is 0 Å². The highest BCUT2D eigenvalue weighted by Gasteiger charge is 2.03. The van der Waals surface area contributed by atoms with Crippen LogP contribution in [0.4, 0.5) is 0 Å². The van der Waals surface area contributed by atoms with Crippen molar-refractivity contribution in [3.05, 3.63) is 65.1 Å². The molecule has 112 valence electrons. The predicted octanol–water partition coefficient (Wildman–Crippen LogP) is 5.22. The van der Waals surface area contributed by atoms with Gasteiger partial charge in [-0.2, -0.15) is 0 Å². The molecular formula is C21H28. The summed E-state index contributed by atoms with van der Waals surface area (Å²) in [6.07, 6.45) is 5.73. The van der Waals surface area contributed by atoms with E-state index in [2.05, 4.69) is 44.9 Å². The number of benzene rings is 2. The molecule has 2 aromatic rings. The van der Waals surface area contributed by atoms with Crippen LogP contribution in [0.5, 0.6) is 0 Å². The summed E-state index contributed by atoms with van der Waals surface area (Å²) in [6.45, 7) is 21.9. The van der Waals surface area contributed by atoms with Crippen molar-refractivity contribution in [2.24, 2.45) is 0 Å². The summed E-state index contributed by atoms with van der Waals surface area (Å²) in [6, 6.07) is 8.35. The molecule has 0 bridgehead atoms. The minimum atomic E-state index is 1.04. The molecule has 0 heterocycles. The number of allylic oxidation sites excluding steroid dienone is 1. The molecule has 0 unspecified atom stereocenters. The van der Waals surface area contributed by atoms with Crippen LogP contribution in [-0.2, 0) is 0 Å². The molecule has 0 spiro atoms. The van der Waals surface area contributed by atoms with Gasteiger partial charge in [0.15, 0.2) is 0 Å². The third-order valence-corrected chi connectivity index (χ3v) is 3.04. The van der Waals surface area contributed by atoms with Gasteiger partial charge in [0.2, 0.25) is 0 Å². The second-order valence-electron chi connectivity index (χ2n) is 4.14. The van der Waals surface area contributed by atoms with Gasteiger partial charge < -0.3 is 0 Å². The Balaban J connectivity index is 0.000000921. The third kappa shape index (κ3) is 4.19. The Morgan fingerprint density at radius 2 is 1.48 bits per heavy atom. The maximum Gasteiger partial charge on any atom is -0.00363 e. The number of hydrogen-bond acceptors (Lipinski definition) is 0. The zero-order chi connectivity index (χ0) is 16.4. The van der Waals surface area contributed by atoms with E-state index in [4.69, 9.17) is 0 Å². The molecule has 2 rings (SSSR count). The van der Waals surface area contributed by atoms with Crippen LogP contribution in [-0.4, -0.2) is 0 Å². The zero-order valence-electron chi connectivity index (χ0n) is 14.2. The van der Waals surface area contributed by atoms with Crippen LogP contribution in [0.15, 0.2) is 43.5 Å². The summed E-state index contributed by atoms with van der Waals surface area (Å²) < 4.78 is 0. The summed E-state index contributed by atoms with van der Waals surface area (Å²) in [5.41, 5.74) is 2.39. The molecule has 21 heavy (non-hydrogen) atoms. The molecule has 0 aliphatic heterocycles. The first kappa shape index (κ1) is 18.9. The summed E-state index contributed by atoms with van der Waals surface area (Å²) in [7, 11) is 0. The molecule has 0 aliphatic rings. The van der Waals surface area contributed by atoms with E-state index in [1.807, 2.05) is 52.0 Å². The molecule has 0 nitrogen and oxygen atoms in total. The number of aryl methyl sites for hydroxylation is 1. The minimum Gasteiger partial charge on any atom is -0.0990 e. The van der Waals surface area contributed by atoms with Crippen LogP contribution >= 0.6 is 0 Å². The quantitative estimate of drug-likeness (QED) is 0.707. The third-order valence-electron chi connectivity index (χ3n) is 3.04. The van der Waals surface area contributed by atoms with Crippen molar-refractivity contribution in [1.29, 1.82) is 0 Å². The maximum absolute atomic E-state index is 4.11. The maximum atomic E-state index is 4.11. The average molecular weight is 280 g/mol. The zero-order valence-corrected chi connectivity index (χ0v) is 14.2. The Kier molecular flexibility index (Phi) is 8.80. The van der Waals surface area contributed by atoms with E-state index in [9.17, 15) is 0 Å². The Hall–Kier alpha value is -2.08. The van der Waals surface area contributed by atoms with E-state index in [0.717, 1.165) is 10.8 Å². The van der Waals surface area contributed by atoms with Gasteiger partial charge in [-0.3, -0.25) is 0 Å². The van der Waals surface area contributed by atoms with Crippen molar-refractivity contribution in [3.63, 3.8) is 0 Å². The van der Waals surface area contributed by atoms with Crippen molar-refractivity contribution in [2.45, 2.75) is 34.6 Å². The lowest BCUT2D eigenvalue weighted by molar-refractivity contribution is 1.49. The molecule has 0 heteroatoms. The van der Waals surface area contributed by atoms with Crippen molar-refractivity contribution < 1.29 is 0 Å². The lowest BCUT2D eigenvalue weighted by atomic mass is 9.97. The second kappa shape index (κ2) is 9.77. The topological polar surface area (TPSA) is 0 Å². The molecule has 0 N–H and O–H groups in total. The largest absolute Gasteiger partial charge is 0.0990 e. The van der Waals surface area contributed by atoms with E-state index < -0.39 is 0 Å². The highest BCUT2D eigenvalue weighted by molar-refractivity contribution is 5.94. The van der Waals surface area contributed by atoms with Crippen LogP contribution < -0.4 is 10.4 Å². The van der Waals surface area contributed by atoms with Crippen LogP contribution in [0.3, 0.4) is 0 Å². The van der Waals surface area contributed by atoms with E-state index in [-0.39, 0.29) is 0 Å². The Bertz CT molecular complexity index is 703. The fraction of sp³-hybridized carbons (Fsp3) is 0.238. The first-order chi connectivity index (χ1) is 10.2. The van der Waals surface area contributed by atoms with E-state index in [1.165, 1.54) is 21.6 Å². The van der Waals surface area contributed by atoms with Gasteiger partial charge in [0, 0.05) is 0 Å². The second-order valence-corrected chi connectivity index (χ2v) is 4.14. The Morgan fingerprint density at radius 1 is 0.857 bits per heavy atom. The summed E-state index contributed by atoms with van der Waals surface area (Å²) in [5, 5.41) is 4.66. The highest BCUT2D eigenvalue weighted by Crippen LogP contribution is 2.17. The minimum absolute atomic E-state index is 1.04. The standard InChI is InChI=1S/C17H16.2C2H6/c1-5-7-15-11-9-12(3)16-14(6-2)10-8-13(4)17(15)16;2*1-2/h5-11H,1-3H2,4H3;2*1-2H3/b15-7-;;. The lowest BCUT2D eigenvalue weighted by Crippen LogP contribution is -2.12. The van der Waals surface area contributed by atoms with Gasteiger partial charge in [0.25, 0.3) is 0 Å². The number of hydrogen-bond donors (Lipinski definition) is 0. The Labute approximate surface area is 129 Å². The van der Waals surface area contributed by atoms with Gasteiger partial charge in [-0.1, -0.05) is 89.9 Å². The van der Waals surface area contributed by atoms with Crippen LogP contribution in [0.2, 0.25) is 0 Å². The van der Waals surface area contributed by atoms with Crippen LogP contribution in [0.25, 0.3) is 29.5 Å². The molecule has 2 aromatic carbocycles. The number of fused-ring (bicyclic) bond motifs is 1. The molecule has 0 aromatic heterocycles. The first-order valence-electron chi connectivity index (χ1n) is 7.65. The van der Waals surface area contributed by atoms with Gasteiger partial charge >= 0.3 is 0 Å². The highest BCUT2D eigenvalue weighted by atomic mass is 14.1. The Morgan fingerprint density at radius 3 is 2.00 bits per heavy atom.